The van der Waals surface area contributed by atoms with E-state index in [4.69, 9.17) is 5.11 Å². The molecule has 7 heavy (non-hydrogen) atoms. The third-order valence-electron chi connectivity index (χ3n) is 0.808. The van der Waals surface area contributed by atoms with Crippen molar-refractivity contribution in [1.29, 1.82) is 0 Å². The van der Waals surface area contributed by atoms with Gasteiger partial charge >= 0.3 is 0 Å². The number of hydrogen-bond acceptors (Lipinski definition) is 3. The first-order valence-corrected chi connectivity index (χ1v) is 4.19. The summed E-state index contributed by atoms with van der Waals surface area (Å²) in [4.78, 5) is 0. The van der Waals surface area contributed by atoms with Gasteiger partial charge in [-0.1, -0.05) is 17.7 Å². The Balaban J connectivity index is 2.99. The maximum Gasteiger partial charge on any atom is 0.0558 e. The Kier molecular flexibility index (Phi) is 5.26. The van der Waals surface area contributed by atoms with Gasteiger partial charge in [0.05, 0.1) is 6.61 Å². The molecule has 0 aliphatic carbocycles. The number of aliphatic hydroxyl groups is 1. The van der Waals surface area contributed by atoms with Crippen LogP contribution in [0.25, 0.3) is 0 Å². The van der Waals surface area contributed by atoms with E-state index in [-0.39, 0.29) is 6.61 Å². The monoisotopic (exact) mass is 138 g/mol. The zero-order valence-corrected chi connectivity index (χ0v) is 6.01. The summed E-state index contributed by atoms with van der Waals surface area (Å²) in [7, 11) is 1.41. The van der Waals surface area contributed by atoms with Crippen molar-refractivity contribution in [1.82, 2.24) is 0 Å². The minimum atomic E-state index is 0.241. The Morgan fingerprint density at radius 1 is 1.86 bits per heavy atom. The van der Waals surface area contributed by atoms with Gasteiger partial charge < -0.3 is 5.11 Å². The molecule has 0 saturated heterocycles. The number of aliphatic hydroxyl groups excluding tert-OH is 1. The number of hydrogen-bond donors (Lipinski definition) is 2. The van der Waals surface area contributed by atoms with Gasteiger partial charge in [-0.2, -0.15) is 0 Å². The molecular formula is C4H10OS2. The minimum absolute atomic E-state index is 0.241. The zero-order valence-electron chi connectivity index (χ0n) is 4.29. The summed E-state index contributed by atoms with van der Waals surface area (Å²) in [5.41, 5.74) is 0. The van der Waals surface area contributed by atoms with Crippen molar-refractivity contribution in [2.45, 2.75) is 18.6 Å². The highest BCUT2D eigenvalue weighted by molar-refractivity contribution is 8.68. The summed E-state index contributed by atoms with van der Waals surface area (Å²) in [6, 6.07) is 0. The van der Waals surface area contributed by atoms with E-state index in [1.165, 1.54) is 10.8 Å². The van der Waals surface area contributed by atoms with E-state index in [1.54, 1.807) is 0 Å². The lowest BCUT2D eigenvalue weighted by Gasteiger charge is -2.03. The standard InChI is InChI=1S/C4H10OS2/c1-2-4(3-5)7-6/h4-6H,2-3H2,1H3. The molecule has 1 unspecified atom stereocenters. The Morgan fingerprint density at radius 2 is 2.43 bits per heavy atom. The Bertz CT molecular complexity index is 31.2. The molecule has 0 bridgehead atoms. The maximum atomic E-state index is 8.46. The van der Waals surface area contributed by atoms with Crippen LogP contribution in [0.4, 0.5) is 0 Å². The quantitative estimate of drug-likeness (QED) is 0.453. The second-order valence-electron chi connectivity index (χ2n) is 1.32. The van der Waals surface area contributed by atoms with E-state index in [2.05, 4.69) is 11.7 Å². The molecular weight excluding hydrogens is 128 g/mol. The molecule has 1 nitrogen and oxygen atoms in total. The van der Waals surface area contributed by atoms with Gasteiger partial charge in [0.25, 0.3) is 0 Å². The van der Waals surface area contributed by atoms with Gasteiger partial charge in [-0.15, -0.1) is 11.7 Å². The topological polar surface area (TPSA) is 20.2 Å². The van der Waals surface area contributed by atoms with Crippen molar-refractivity contribution in [3.63, 3.8) is 0 Å². The number of rotatable bonds is 3. The second kappa shape index (κ2) is 4.81. The highest BCUT2D eigenvalue weighted by Gasteiger charge is 1.98. The van der Waals surface area contributed by atoms with Crippen molar-refractivity contribution in [3.05, 3.63) is 0 Å². The van der Waals surface area contributed by atoms with E-state index in [1.807, 2.05) is 6.92 Å². The van der Waals surface area contributed by atoms with Crippen molar-refractivity contribution < 1.29 is 5.11 Å². The average Bonchev–Trinajstić information content (AvgIpc) is 1.72. The van der Waals surface area contributed by atoms with E-state index in [0.717, 1.165) is 6.42 Å². The molecule has 0 aliphatic rings. The Labute approximate surface area is 53.3 Å². The first-order valence-electron chi connectivity index (χ1n) is 2.26. The molecule has 0 aromatic rings. The van der Waals surface area contributed by atoms with E-state index in [9.17, 15) is 0 Å². The van der Waals surface area contributed by atoms with Crippen LogP contribution in [0, 0.1) is 0 Å². The SMILES string of the molecule is CCC(CO)SS. The fourth-order valence-corrected chi connectivity index (χ4v) is 1.10. The summed E-state index contributed by atoms with van der Waals surface area (Å²) in [5.74, 6) is 0. The van der Waals surface area contributed by atoms with E-state index in [0.29, 0.717) is 5.25 Å². The largest absolute Gasteiger partial charge is 0.395 e. The molecule has 0 spiro atoms. The van der Waals surface area contributed by atoms with Crippen molar-refractivity contribution in [2.75, 3.05) is 6.61 Å². The Hall–Kier alpha value is 0.660. The van der Waals surface area contributed by atoms with Crippen molar-refractivity contribution in [2.24, 2.45) is 0 Å². The smallest absolute Gasteiger partial charge is 0.0558 e. The molecule has 3 heteroatoms. The summed E-state index contributed by atoms with van der Waals surface area (Å²) in [6.45, 7) is 2.27. The normalized spacial score (nSPS) is 14.1. The molecule has 0 heterocycles. The predicted octanol–water partition coefficient (Wildman–Crippen LogP) is 1.34. The molecule has 44 valence electrons. The fourth-order valence-electron chi connectivity index (χ4n) is 0.237. The summed E-state index contributed by atoms with van der Waals surface area (Å²) in [6.07, 6.45) is 0.991. The lowest BCUT2D eigenvalue weighted by Crippen LogP contribution is -2.03. The Morgan fingerprint density at radius 3 is 2.43 bits per heavy atom. The lowest BCUT2D eigenvalue weighted by molar-refractivity contribution is 0.293. The molecule has 0 aliphatic heterocycles. The van der Waals surface area contributed by atoms with Crippen LogP contribution in [0.2, 0.25) is 0 Å². The third-order valence-corrected chi connectivity index (χ3v) is 2.48. The van der Waals surface area contributed by atoms with Crippen LogP contribution in [0.15, 0.2) is 0 Å². The first-order chi connectivity index (χ1) is 3.35. The van der Waals surface area contributed by atoms with Crippen LogP contribution in [0.5, 0.6) is 0 Å². The van der Waals surface area contributed by atoms with Crippen molar-refractivity contribution >= 4 is 22.5 Å². The maximum absolute atomic E-state index is 8.46. The zero-order chi connectivity index (χ0) is 5.70. The summed E-state index contributed by atoms with van der Waals surface area (Å²) < 4.78 is 0. The molecule has 1 atom stereocenters. The fraction of sp³-hybridized carbons (Fsp3) is 1.00. The highest BCUT2D eigenvalue weighted by atomic mass is 33.1. The van der Waals surface area contributed by atoms with Gasteiger partial charge in [-0.05, 0) is 6.42 Å². The first kappa shape index (κ1) is 7.66. The van der Waals surface area contributed by atoms with Gasteiger partial charge in [-0.3, -0.25) is 0 Å². The number of thiol groups is 1. The molecule has 0 saturated carbocycles. The third kappa shape index (κ3) is 3.26. The van der Waals surface area contributed by atoms with Crippen LogP contribution >= 0.6 is 22.5 Å². The van der Waals surface area contributed by atoms with Gasteiger partial charge in [0, 0.05) is 5.25 Å². The molecule has 0 aromatic carbocycles. The molecule has 0 aromatic heterocycles. The van der Waals surface area contributed by atoms with Crippen LogP contribution in [-0.4, -0.2) is 17.0 Å². The molecule has 1 N–H and O–H groups in total. The summed E-state index contributed by atoms with van der Waals surface area (Å²) >= 11 is 3.93. The van der Waals surface area contributed by atoms with Gasteiger partial charge in [0.15, 0.2) is 0 Å². The van der Waals surface area contributed by atoms with Gasteiger partial charge in [0.2, 0.25) is 0 Å². The molecule has 0 radical (unpaired) electrons. The average molecular weight is 138 g/mol. The van der Waals surface area contributed by atoms with Crippen molar-refractivity contribution in [3.8, 4) is 0 Å². The minimum Gasteiger partial charge on any atom is -0.395 e. The van der Waals surface area contributed by atoms with Gasteiger partial charge in [0.1, 0.15) is 0 Å². The van der Waals surface area contributed by atoms with Crippen LogP contribution in [0.1, 0.15) is 13.3 Å². The highest BCUT2D eigenvalue weighted by Crippen LogP contribution is 2.16. The van der Waals surface area contributed by atoms with Gasteiger partial charge in [-0.25, -0.2) is 0 Å². The predicted molar refractivity (Wildman–Crippen MR) is 37.7 cm³/mol. The molecule has 0 amide bonds. The molecule has 0 rings (SSSR count). The lowest BCUT2D eigenvalue weighted by atomic mass is 10.3. The summed E-state index contributed by atoms with van der Waals surface area (Å²) in [5, 5.41) is 8.78. The van der Waals surface area contributed by atoms with Crippen LogP contribution in [0.3, 0.4) is 0 Å². The van der Waals surface area contributed by atoms with E-state index >= 15 is 0 Å². The van der Waals surface area contributed by atoms with E-state index < -0.39 is 0 Å². The van der Waals surface area contributed by atoms with Crippen LogP contribution < -0.4 is 0 Å². The van der Waals surface area contributed by atoms with Crippen LogP contribution in [-0.2, 0) is 0 Å². The second-order valence-corrected chi connectivity index (χ2v) is 2.83. The molecule has 0 fully saturated rings.